The number of aromatic nitrogens is 1. The van der Waals surface area contributed by atoms with E-state index in [1.165, 1.54) is 40.5 Å². The van der Waals surface area contributed by atoms with Crippen LogP contribution in [0.5, 0.6) is 0 Å². The lowest BCUT2D eigenvalue weighted by Gasteiger charge is -2.20. The van der Waals surface area contributed by atoms with Crippen molar-refractivity contribution in [1.82, 2.24) is 4.98 Å². The zero-order valence-electron chi connectivity index (χ0n) is 14.5. The first-order valence-corrected chi connectivity index (χ1v) is 9.00. The summed E-state index contributed by atoms with van der Waals surface area (Å²) >= 11 is 1.51. The maximum Gasteiger partial charge on any atom is 0.260 e. The number of nitrogens with zero attached hydrogens (tertiary/aromatic N) is 2. The molecule has 2 aromatic carbocycles. The van der Waals surface area contributed by atoms with Crippen LogP contribution in [0.25, 0.3) is 10.2 Å². The number of aryl methyl sites for hydroxylation is 1. The van der Waals surface area contributed by atoms with Gasteiger partial charge in [-0.25, -0.2) is 9.37 Å². The second kappa shape index (κ2) is 7.29. The van der Waals surface area contributed by atoms with E-state index in [0.29, 0.717) is 17.2 Å². The molecule has 1 amide bonds. The Balaban J connectivity index is 1.99. The third-order valence-corrected chi connectivity index (χ3v) is 5.06. The van der Waals surface area contributed by atoms with Gasteiger partial charge < -0.3 is 4.90 Å². The number of thiazole rings is 1. The van der Waals surface area contributed by atoms with E-state index >= 15 is 0 Å². The Morgan fingerprint density at radius 1 is 1.20 bits per heavy atom. The van der Waals surface area contributed by atoms with Gasteiger partial charge in [0, 0.05) is 5.56 Å². The Labute approximate surface area is 150 Å². The molecule has 3 rings (SSSR count). The molecule has 0 aliphatic heterocycles. The third kappa shape index (κ3) is 3.86. The highest BCUT2D eigenvalue weighted by atomic mass is 32.1. The van der Waals surface area contributed by atoms with E-state index in [1.54, 1.807) is 4.90 Å². The summed E-state index contributed by atoms with van der Waals surface area (Å²) in [7, 11) is 4.09. The number of quaternary nitrogens is 1. The first-order valence-electron chi connectivity index (χ1n) is 8.18. The van der Waals surface area contributed by atoms with Crippen LogP contribution in [-0.2, 0) is 0 Å². The van der Waals surface area contributed by atoms with Gasteiger partial charge in [0.2, 0.25) is 0 Å². The lowest BCUT2D eigenvalue weighted by Crippen LogP contribution is -3.06. The van der Waals surface area contributed by atoms with Crippen LogP contribution in [0.1, 0.15) is 15.9 Å². The summed E-state index contributed by atoms with van der Waals surface area (Å²) in [6, 6.07) is 11.7. The summed E-state index contributed by atoms with van der Waals surface area (Å²) in [6.07, 6.45) is 0. The molecule has 0 saturated carbocycles. The predicted molar refractivity (Wildman–Crippen MR) is 100 cm³/mol. The molecular formula is C19H21FN3OS+. The largest absolute Gasteiger partial charge is 0.338 e. The number of rotatable bonds is 5. The standard InChI is InChI=1S/C19H20FN3OS/c1-13-5-4-6-16-17(13)21-19(25-16)23(12-11-22(2)3)18(24)14-7-9-15(20)10-8-14/h4-10H,11-12H2,1-3H3/p+1. The molecule has 1 heterocycles. The van der Waals surface area contributed by atoms with Gasteiger partial charge in [-0.2, -0.15) is 0 Å². The van der Waals surface area contributed by atoms with E-state index < -0.39 is 0 Å². The SMILES string of the molecule is Cc1cccc2sc(N(CC[NH+](C)C)C(=O)c3ccc(F)cc3)nc12. The van der Waals surface area contributed by atoms with Gasteiger partial charge in [0.15, 0.2) is 5.13 Å². The quantitative estimate of drug-likeness (QED) is 0.761. The topological polar surface area (TPSA) is 37.6 Å². The maximum absolute atomic E-state index is 13.2. The molecule has 3 aromatic rings. The van der Waals surface area contributed by atoms with Gasteiger partial charge >= 0.3 is 0 Å². The number of benzene rings is 2. The molecule has 25 heavy (non-hydrogen) atoms. The fourth-order valence-electron chi connectivity index (χ4n) is 2.56. The van der Waals surface area contributed by atoms with Crippen molar-refractivity contribution in [2.45, 2.75) is 6.92 Å². The fourth-order valence-corrected chi connectivity index (χ4v) is 3.63. The number of carbonyl (C=O) groups excluding carboxylic acids is 1. The summed E-state index contributed by atoms with van der Waals surface area (Å²) in [6.45, 7) is 3.36. The van der Waals surface area contributed by atoms with Crippen LogP contribution in [0.2, 0.25) is 0 Å². The molecule has 4 nitrogen and oxygen atoms in total. The molecule has 130 valence electrons. The molecule has 0 fully saturated rings. The predicted octanol–water partition coefficient (Wildman–Crippen LogP) is 2.54. The first kappa shape index (κ1) is 17.5. The number of carbonyl (C=O) groups is 1. The highest BCUT2D eigenvalue weighted by Gasteiger charge is 2.22. The van der Waals surface area contributed by atoms with E-state index in [0.717, 1.165) is 22.3 Å². The number of fused-ring (bicyclic) bond motifs is 1. The van der Waals surface area contributed by atoms with Gasteiger partial charge in [0.25, 0.3) is 5.91 Å². The Hall–Kier alpha value is -2.31. The van der Waals surface area contributed by atoms with Crippen LogP contribution >= 0.6 is 11.3 Å². The molecule has 0 atom stereocenters. The number of hydrogen-bond acceptors (Lipinski definition) is 3. The summed E-state index contributed by atoms with van der Waals surface area (Å²) in [5.41, 5.74) is 2.48. The second-order valence-electron chi connectivity index (χ2n) is 6.34. The lowest BCUT2D eigenvalue weighted by molar-refractivity contribution is -0.856. The molecule has 1 N–H and O–H groups in total. The third-order valence-electron chi connectivity index (χ3n) is 4.01. The van der Waals surface area contributed by atoms with Crippen molar-refractivity contribution in [3.63, 3.8) is 0 Å². The maximum atomic E-state index is 13.2. The monoisotopic (exact) mass is 358 g/mol. The number of halogens is 1. The van der Waals surface area contributed by atoms with E-state index in [9.17, 15) is 9.18 Å². The molecule has 0 radical (unpaired) electrons. The number of amides is 1. The Morgan fingerprint density at radius 2 is 1.92 bits per heavy atom. The summed E-state index contributed by atoms with van der Waals surface area (Å²) < 4.78 is 14.2. The molecular weight excluding hydrogens is 337 g/mol. The number of anilines is 1. The van der Waals surface area contributed by atoms with E-state index in [1.807, 2.05) is 39.2 Å². The van der Waals surface area contributed by atoms with Crippen LogP contribution in [-0.4, -0.2) is 38.1 Å². The van der Waals surface area contributed by atoms with Gasteiger partial charge in [0.1, 0.15) is 5.82 Å². The van der Waals surface area contributed by atoms with Crippen molar-refractivity contribution in [3.05, 3.63) is 59.4 Å². The molecule has 1 aromatic heterocycles. The summed E-state index contributed by atoms with van der Waals surface area (Å²) in [5, 5.41) is 0.680. The molecule has 0 saturated heterocycles. The van der Waals surface area contributed by atoms with Crippen LogP contribution < -0.4 is 9.80 Å². The van der Waals surface area contributed by atoms with Crippen molar-refractivity contribution < 1.29 is 14.1 Å². The van der Waals surface area contributed by atoms with Crippen molar-refractivity contribution >= 4 is 32.6 Å². The molecule has 0 spiro atoms. The first-order chi connectivity index (χ1) is 12.0. The lowest BCUT2D eigenvalue weighted by atomic mass is 10.2. The number of hydrogen-bond donors (Lipinski definition) is 1. The average Bonchev–Trinajstić information content (AvgIpc) is 3.00. The summed E-state index contributed by atoms with van der Waals surface area (Å²) in [5.74, 6) is -0.505. The van der Waals surface area contributed by atoms with Gasteiger partial charge in [-0.1, -0.05) is 23.5 Å². The minimum absolute atomic E-state index is 0.155. The smallest absolute Gasteiger partial charge is 0.260 e. The Kier molecular flexibility index (Phi) is 5.11. The van der Waals surface area contributed by atoms with Crippen LogP contribution in [0.15, 0.2) is 42.5 Å². The molecule has 0 aliphatic rings. The van der Waals surface area contributed by atoms with Crippen LogP contribution in [0.4, 0.5) is 9.52 Å². The van der Waals surface area contributed by atoms with Gasteiger partial charge in [-0.05, 0) is 42.8 Å². The van der Waals surface area contributed by atoms with Crippen molar-refractivity contribution in [3.8, 4) is 0 Å². The van der Waals surface area contributed by atoms with Crippen LogP contribution in [0, 0.1) is 12.7 Å². The fraction of sp³-hybridized carbons (Fsp3) is 0.263. The molecule has 0 unspecified atom stereocenters. The highest BCUT2D eigenvalue weighted by molar-refractivity contribution is 7.22. The molecule has 0 aliphatic carbocycles. The number of likely N-dealkylation sites (N-methyl/N-ethyl adjacent to an activating group) is 1. The van der Waals surface area contributed by atoms with Crippen molar-refractivity contribution in [1.29, 1.82) is 0 Å². The Morgan fingerprint density at radius 3 is 2.56 bits per heavy atom. The Bertz CT molecular complexity index is 889. The zero-order chi connectivity index (χ0) is 18.0. The van der Waals surface area contributed by atoms with Gasteiger partial charge in [0.05, 0.1) is 37.4 Å². The van der Waals surface area contributed by atoms with Crippen molar-refractivity contribution in [2.75, 3.05) is 32.1 Å². The number of para-hydroxylation sites is 1. The minimum Gasteiger partial charge on any atom is -0.338 e. The van der Waals surface area contributed by atoms with E-state index in [2.05, 4.69) is 0 Å². The van der Waals surface area contributed by atoms with E-state index in [4.69, 9.17) is 4.98 Å². The van der Waals surface area contributed by atoms with E-state index in [-0.39, 0.29) is 11.7 Å². The van der Waals surface area contributed by atoms with Crippen molar-refractivity contribution in [2.24, 2.45) is 0 Å². The number of nitrogens with one attached hydrogen (secondary N) is 1. The average molecular weight is 358 g/mol. The molecule has 0 bridgehead atoms. The van der Waals surface area contributed by atoms with Gasteiger partial charge in [-0.15, -0.1) is 0 Å². The normalized spacial score (nSPS) is 11.2. The molecule has 6 heteroatoms. The van der Waals surface area contributed by atoms with Crippen LogP contribution in [0.3, 0.4) is 0 Å². The van der Waals surface area contributed by atoms with Gasteiger partial charge in [-0.3, -0.25) is 9.69 Å². The highest BCUT2D eigenvalue weighted by Crippen LogP contribution is 2.31. The second-order valence-corrected chi connectivity index (χ2v) is 7.35. The summed E-state index contributed by atoms with van der Waals surface area (Å²) in [4.78, 5) is 20.6. The zero-order valence-corrected chi connectivity index (χ0v) is 15.4. The minimum atomic E-state index is -0.351.